The fraction of sp³-hybridized carbons (Fsp3) is 0.250. The largest absolute Gasteiger partial charge is 0.383 e. The van der Waals surface area contributed by atoms with Gasteiger partial charge >= 0.3 is 0 Å². The summed E-state index contributed by atoms with van der Waals surface area (Å²) < 4.78 is 29.2. The average molecular weight is 447 g/mol. The topological polar surface area (TPSA) is 85.8 Å². The van der Waals surface area contributed by atoms with Crippen LogP contribution in [0.5, 0.6) is 0 Å². The highest BCUT2D eigenvalue weighted by molar-refractivity contribution is 5.76. The van der Waals surface area contributed by atoms with Crippen LogP contribution in [0.15, 0.2) is 54.7 Å². The zero-order chi connectivity index (χ0) is 22.8. The second kappa shape index (κ2) is 9.03. The summed E-state index contributed by atoms with van der Waals surface area (Å²) in [7, 11) is 0. The summed E-state index contributed by atoms with van der Waals surface area (Å²) in [5, 5.41) is 11.5. The highest BCUT2D eigenvalue weighted by Gasteiger charge is 2.19. The van der Waals surface area contributed by atoms with Gasteiger partial charge in [0.1, 0.15) is 11.5 Å². The standard InChI is InChI=1S/C24H23F2N7/c25-20-5-4-6-21(22(20)26)33-24(29-30-31-33)19-13-18(14-28-23(19)27)17-9-7-16(8-10-17)15-32-11-2-1-3-12-32/h4-10,13-14H,1-3,11-12,15H2,(H2,27,28). The summed E-state index contributed by atoms with van der Waals surface area (Å²) in [5.41, 5.74) is 9.47. The van der Waals surface area contributed by atoms with Crippen LogP contribution in [0.2, 0.25) is 0 Å². The van der Waals surface area contributed by atoms with E-state index < -0.39 is 11.6 Å². The molecule has 7 nitrogen and oxygen atoms in total. The second-order valence-corrected chi connectivity index (χ2v) is 8.18. The van der Waals surface area contributed by atoms with E-state index in [1.165, 1.54) is 37.0 Å². The number of likely N-dealkylation sites (tertiary alicyclic amines) is 1. The Labute approximate surface area is 189 Å². The van der Waals surface area contributed by atoms with Crippen LogP contribution in [0.3, 0.4) is 0 Å². The van der Waals surface area contributed by atoms with Crippen molar-refractivity contribution in [2.45, 2.75) is 25.8 Å². The number of nitrogens with zero attached hydrogens (tertiary/aromatic N) is 6. The Kier molecular flexibility index (Phi) is 5.78. The lowest BCUT2D eigenvalue weighted by molar-refractivity contribution is 0.221. The van der Waals surface area contributed by atoms with Gasteiger partial charge in [0.05, 0.1) is 5.56 Å². The maximum Gasteiger partial charge on any atom is 0.190 e. The summed E-state index contributed by atoms with van der Waals surface area (Å²) in [6.45, 7) is 3.24. The molecule has 1 fully saturated rings. The number of pyridine rings is 1. The van der Waals surface area contributed by atoms with Crippen molar-refractivity contribution in [1.29, 1.82) is 0 Å². The Morgan fingerprint density at radius 1 is 0.939 bits per heavy atom. The van der Waals surface area contributed by atoms with Crippen molar-refractivity contribution in [3.8, 4) is 28.2 Å². The Balaban J connectivity index is 1.45. The van der Waals surface area contributed by atoms with E-state index in [-0.39, 0.29) is 17.3 Å². The highest BCUT2D eigenvalue weighted by atomic mass is 19.2. The van der Waals surface area contributed by atoms with Gasteiger partial charge in [-0.25, -0.2) is 13.8 Å². The summed E-state index contributed by atoms with van der Waals surface area (Å²) in [4.78, 5) is 6.77. The van der Waals surface area contributed by atoms with E-state index >= 15 is 0 Å². The fourth-order valence-electron chi connectivity index (χ4n) is 4.16. The van der Waals surface area contributed by atoms with E-state index in [4.69, 9.17) is 5.73 Å². The van der Waals surface area contributed by atoms with Crippen LogP contribution in [0.25, 0.3) is 28.2 Å². The van der Waals surface area contributed by atoms with Gasteiger partial charge in [0.15, 0.2) is 17.5 Å². The second-order valence-electron chi connectivity index (χ2n) is 8.18. The zero-order valence-electron chi connectivity index (χ0n) is 18.0. The average Bonchev–Trinajstić information content (AvgIpc) is 3.32. The molecule has 3 heterocycles. The lowest BCUT2D eigenvalue weighted by Gasteiger charge is -2.26. The number of anilines is 1. The number of rotatable bonds is 5. The van der Waals surface area contributed by atoms with Gasteiger partial charge in [-0.3, -0.25) is 4.90 Å². The van der Waals surface area contributed by atoms with Crippen LogP contribution in [-0.2, 0) is 6.54 Å². The van der Waals surface area contributed by atoms with Crippen molar-refractivity contribution in [2.24, 2.45) is 0 Å². The van der Waals surface area contributed by atoms with E-state index in [1.807, 2.05) is 12.1 Å². The molecule has 0 unspecified atom stereocenters. The molecule has 1 saturated heterocycles. The number of nitrogen functional groups attached to an aromatic ring is 1. The number of hydrogen-bond acceptors (Lipinski definition) is 6. The fourth-order valence-corrected chi connectivity index (χ4v) is 4.16. The molecule has 2 N–H and O–H groups in total. The molecule has 168 valence electrons. The summed E-state index contributed by atoms with van der Waals surface area (Å²) in [6.07, 6.45) is 5.51. The van der Waals surface area contributed by atoms with Crippen molar-refractivity contribution in [3.05, 3.63) is 71.9 Å². The van der Waals surface area contributed by atoms with E-state index in [2.05, 4.69) is 37.5 Å². The predicted octanol–water partition coefficient (Wildman–Crippen LogP) is 4.24. The number of nitrogens with two attached hydrogens (primary N) is 1. The van der Waals surface area contributed by atoms with Crippen LogP contribution >= 0.6 is 0 Å². The molecule has 0 spiro atoms. The van der Waals surface area contributed by atoms with Crippen molar-refractivity contribution in [3.63, 3.8) is 0 Å². The number of piperidine rings is 1. The summed E-state index contributed by atoms with van der Waals surface area (Å²) in [6, 6.07) is 14.0. The van der Waals surface area contributed by atoms with Crippen molar-refractivity contribution >= 4 is 5.82 Å². The normalized spacial score (nSPS) is 14.5. The van der Waals surface area contributed by atoms with E-state index in [1.54, 1.807) is 12.3 Å². The van der Waals surface area contributed by atoms with Crippen molar-refractivity contribution < 1.29 is 8.78 Å². The number of hydrogen-bond donors (Lipinski definition) is 1. The molecule has 0 radical (unpaired) electrons. The molecule has 0 aliphatic carbocycles. The quantitative estimate of drug-likeness (QED) is 0.493. The lowest BCUT2D eigenvalue weighted by Crippen LogP contribution is -2.28. The van der Waals surface area contributed by atoms with E-state index in [9.17, 15) is 8.78 Å². The third-order valence-electron chi connectivity index (χ3n) is 5.93. The smallest absolute Gasteiger partial charge is 0.190 e. The van der Waals surface area contributed by atoms with Crippen LogP contribution in [-0.4, -0.2) is 43.2 Å². The van der Waals surface area contributed by atoms with Crippen LogP contribution in [0, 0.1) is 11.6 Å². The van der Waals surface area contributed by atoms with Gasteiger partial charge < -0.3 is 5.73 Å². The maximum atomic E-state index is 14.4. The first-order valence-electron chi connectivity index (χ1n) is 10.9. The number of tetrazole rings is 1. The first kappa shape index (κ1) is 21.1. The maximum absolute atomic E-state index is 14.4. The number of aromatic nitrogens is 5. The third kappa shape index (κ3) is 4.31. The Bertz CT molecular complexity index is 1260. The van der Waals surface area contributed by atoms with E-state index in [0.29, 0.717) is 5.56 Å². The van der Waals surface area contributed by atoms with Crippen molar-refractivity contribution in [2.75, 3.05) is 18.8 Å². The van der Waals surface area contributed by atoms with Gasteiger partial charge in [-0.1, -0.05) is 36.8 Å². The minimum atomic E-state index is -1.04. The van der Waals surface area contributed by atoms with Gasteiger partial charge in [-0.2, -0.15) is 4.68 Å². The van der Waals surface area contributed by atoms with E-state index in [0.717, 1.165) is 41.5 Å². The van der Waals surface area contributed by atoms with Crippen LogP contribution in [0.4, 0.5) is 14.6 Å². The Morgan fingerprint density at radius 2 is 1.73 bits per heavy atom. The predicted molar refractivity (Wildman–Crippen MR) is 121 cm³/mol. The molecular weight excluding hydrogens is 424 g/mol. The van der Waals surface area contributed by atoms with Gasteiger partial charge in [0.2, 0.25) is 0 Å². The Morgan fingerprint density at radius 3 is 2.52 bits per heavy atom. The molecule has 2 aromatic carbocycles. The van der Waals surface area contributed by atoms with Crippen LogP contribution < -0.4 is 5.73 Å². The van der Waals surface area contributed by atoms with Gasteiger partial charge in [-0.15, -0.1) is 5.10 Å². The number of benzene rings is 2. The first-order chi connectivity index (χ1) is 16.1. The molecule has 0 bridgehead atoms. The molecule has 4 aromatic rings. The van der Waals surface area contributed by atoms with Gasteiger partial charge in [0, 0.05) is 18.3 Å². The molecule has 5 rings (SSSR count). The summed E-state index contributed by atoms with van der Waals surface area (Å²) >= 11 is 0. The molecule has 2 aromatic heterocycles. The SMILES string of the molecule is Nc1ncc(-c2ccc(CN3CCCCC3)cc2)cc1-c1nnnn1-c1cccc(F)c1F. The van der Waals surface area contributed by atoms with Gasteiger partial charge in [-0.05, 0) is 65.7 Å². The molecular formula is C24H23F2N7. The monoisotopic (exact) mass is 447 g/mol. The summed E-state index contributed by atoms with van der Waals surface area (Å²) in [5.74, 6) is -1.67. The highest BCUT2D eigenvalue weighted by Crippen LogP contribution is 2.30. The Hall–Kier alpha value is -3.72. The number of halogens is 2. The molecule has 9 heteroatoms. The zero-order valence-corrected chi connectivity index (χ0v) is 18.0. The minimum absolute atomic E-state index is 0.109. The van der Waals surface area contributed by atoms with Gasteiger partial charge in [0.25, 0.3) is 0 Å². The first-order valence-corrected chi connectivity index (χ1v) is 10.9. The molecule has 0 atom stereocenters. The molecule has 33 heavy (non-hydrogen) atoms. The molecule has 0 saturated carbocycles. The lowest BCUT2D eigenvalue weighted by atomic mass is 10.0. The third-order valence-corrected chi connectivity index (χ3v) is 5.93. The molecule has 1 aliphatic heterocycles. The van der Waals surface area contributed by atoms with Crippen LogP contribution in [0.1, 0.15) is 24.8 Å². The molecule has 0 amide bonds. The van der Waals surface area contributed by atoms with Crippen molar-refractivity contribution in [1.82, 2.24) is 30.1 Å². The molecule has 1 aliphatic rings. The minimum Gasteiger partial charge on any atom is -0.383 e.